The molecule has 1 aliphatic carbocycles. The van der Waals surface area contributed by atoms with Crippen LogP contribution in [-0.2, 0) is 11.2 Å². The molecule has 0 aromatic heterocycles. The van der Waals surface area contributed by atoms with Crippen molar-refractivity contribution in [1.82, 2.24) is 4.90 Å². The minimum absolute atomic E-state index is 0.103. The van der Waals surface area contributed by atoms with Gasteiger partial charge < -0.3 is 4.90 Å². The van der Waals surface area contributed by atoms with Gasteiger partial charge in [0, 0.05) is 18.4 Å². The third-order valence-corrected chi connectivity index (χ3v) is 6.51. The van der Waals surface area contributed by atoms with Crippen molar-refractivity contribution in [2.75, 3.05) is 20.1 Å². The van der Waals surface area contributed by atoms with Gasteiger partial charge in [0.05, 0.1) is 0 Å². The molecule has 26 heavy (non-hydrogen) atoms. The Bertz CT molecular complexity index is 1010. The van der Waals surface area contributed by atoms with E-state index in [-0.39, 0.29) is 11.8 Å². The number of benzene rings is 3. The number of hydrogen-bond acceptors (Lipinski definition) is 2. The monoisotopic (exact) mass is 343 g/mol. The third kappa shape index (κ3) is 2.47. The molecule has 2 heteroatoms. The number of hydrogen-bond donors (Lipinski definition) is 0. The molecular weight excluding hydrogens is 318 g/mol. The Kier molecular flexibility index (Phi) is 3.82. The zero-order valence-electron chi connectivity index (χ0n) is 15.4. The van der Waals surface area contributed by atoms with Crippen LogP contribution in [0.3, 0.4) is 0 Å². The van der Waals surface area contributed by atoms with Crippen LogP contribution in [0.25, 0.3) is 21.5 Å². The Labute approximate surface area is 154 Å². The molecule has 2 unspecified atom stereocenters. The second-order valence-corrected chi connectivity index (χ2v) is 8.11. The van der Waals surface area contributed by atoms with E-state index in [2.05, 4.69) is 60.5 Å². The first-order chi connectivity index (χ1) is 12.7. The number of likely N-dealkylation sites (tertiary alicyclic amines) is 1. The molecule has 5 rings (SSSR count). The first-order valence-corrected chi connectivity index (χ1v) is 9.88. The second-order valence-electron chi connectivity index (χ2n) is 8.11. The van der Waals surface area contributed by atoms with Crippen LogP contribution >= 0.6 is 0 Å². The second kappa shape index (κ2) is 6.21. The molecule has 3 aromatic carbocycles. The van der Waals surface area contributed by atoms with E-state index in [1.807, 2.05) is 0 Å². The van der Waals surface area contributed by atoms with Crippen LogP contribution in [0, 0.1) is 5.92 Å². The van der Waals surface area contributed by atoms with Gasteiger partial charge in [0.1, 0.15) is 5.78 Å². The smallest absolute Gasteiger partial charge is 0.144 e. The fourth-order valence-corrected chi connectivity index (χ4v) is 5.16. The maximum absolute atomic E-state index is 13.2. The van der Waals surface area contributed by atoms with Crippen LogP contribution in [-0.4, -0.2) is 30.8 Å². The Balaban J connectivity index is 1.62. The number of nitrogens with zero attached hydrogens (tertiary/aromatic N) is 1. The topological polar surface area (TPSA) is 20.3 Å². The van der Waals surface area contributed by atoms with Crippen molar-refractivity contribution >= 4 is 27.3 Å². The van der Waals surface area contributed by atoms with Crippen LogP contribution in [0.1, 0.15) is 36.3 Å². The van der Waals surface area contributed by atoms with Gasteiger partial charge in [0.2, 0.25) is 0 Å². The number of carbonyl (C=O) groups excluding carboxylic acids is 1. The fourth-order valence-electron chi connectivity index (χ4n) is 5.16. The van der Waals surface area contributed by atoms with E-state index in [0.717, 1.165) is 38.8 Å². The zero-order valence-corrected chi connectivity index (χ0v) is 15.4. The average molecular weight is 343 g/mol. The van der Waals surface area contributed by atoms with Crippen molar-refractivity contribution in [3.63, 3.8) is 0 Å². The third-order valence-electron chi connectivity index (χ3n) is 6.51. The minimum atomic E-state index is 0.103. The van der Waals surface area contributed by atoms with Gasteiger partial charge in [0.25, 0.3) is 0 Å². The van der Waals surface area contributed by atoms with Gasteiger partial charge in [-0.1, -0.05) is 48.5 Å². The van der Waals surface area contributed by atoms with Gasteiger partial charge in [-0.15, -0.1) is 0 Å². The maximum atomic E-state index is 13.2. The van der Waals surface area contributed by atoms with Crippen LogP contribution < -0.4 is 0 Å². The summed E-state index contributed by atoms with van der Waals surface area (Å²) in [5.74, 6) is 0.810. The van der Waals surface area contributed by atoms with Crippen LogP contribution in [0.2, 0.25) is 0 Å². The van der Waals surface area contributed by atoms with Crippen LogP contribution in [0.5, 0.6) is 0 Å². The van der Waals surface area contributed by atoms with Crippen molar-refractivity contribution in [2.24, 2.45) is 5.92 Å². The van der Waals surface area contributed by atoms with E-state index < -0.39 is 0 Å². The highest BCUT2D eigenvalue weighted by molar-refractivity contribution is 6.09. The van der Waals surface area contributed by atoms with E-state index in [1.54, 1.807) is 0 Å². The lowest BCUT2D eigenvalue weighted by Gasteiger charge is -2.28. The molecule has 0 spiro atoms. The highest BCUT2D eigenvalue weighted by Crippen LogP contribution is 2.40. The molecule has 0 radical (unpaired) electrons. The summed E-state index contributed by atoms with van der Waals surface area (Å²) < 4.78 is 0. The Morgan fingerprint density at radius 1 is 0.962 bits per heavy atom. The Hall–Kier alpha value is -2.19. The van der Waals surface area contributed by atoms with Crippen molar-refractivity contribution in [3.8, 4) is 0 Å². The number of carbonyl (C=O) groups is 1. The molecule has 0 N–H and O–H groups in total. The van der Waals surface area contributed by atoms with E-state index in [4.69, 9.17) is 0 Å². The molecule has 0 saturated carbocycles. The largest absolute Gasteiger partial charge is 0.306 e. The van der Waals surface area contributed by atoms with Crippen LogP contribution in [0.15, 0.2) is 48.5 Å². The highest BCUT2D eigenvalue weighted by Gasteiger charge is 2.34. The zero-order chi connectivity index (χ0) is 17.7. The van der Waals surface area contributed by atoms with Crippen LogP contribution in [0.4, 0.5) is 0 Å². The molecule has 1 aliphatic heterocycles. The lowest BCUT2D eigenvalue weighted by molar-refractivity contribution is -0.124. The lowest BCUT2D eigenvalue weighted by atomic mass is 9.75. The fraction of sp³-hybridized carbons (Fsp3) is 0.375. The van der Waals surface area contributed by atoms with E-state index in [0.29, 0.717) is 5.78 Å². The van der Waals surface area contributed by atoms with E-state index >= 15 is 0 Å². The predicted octanol–water partition coefficient (Wildman–Crippen LogP) is 4.93. The molecule has 0 bridgehead atoms. The van der Waals surface area contributed by atoms with Gasteiger partial charge in [0.15, 0.2) is 0 Å². The molecule has 1 saturated heterocycles. The quantitative estimate of drug-likeness (QED) is 0.615. The van der Waals surface area contributed by atoms with Crippen molar-refractivity contribution < 1.29 is 4.79 Å². The first-order valence-electron chi connectivity index (χ1n) is 9.88. The van der Waals surface area contributed by atoms with Gasteiger partial charge in [-0.05, 0) is 71.9 Å². The molecule has 2 aliphatic rings. The lowest BCUT2D eigenvalue weighted by Crippen LogP contribution is -2.27. The molecule has 1 fully saturated rings. The summed E-state index contributed by atoms with van der Waals surface area (Å²) in [6.07, 6.45) is 4.27. The molecule has 2 nitrogen and oxygen atoms in total. The van der Waals surface area contributed by atoms with Crippen molar-refractivity contribution in [3.05, 3.63) is 59.7 Å². The Morgan fingerprint density at radius 3 is 2.65 bits per heavy atom. The average Bonchev–Trinajstić information content (AvgIpc) is 3.12. The summed E-state index contributed by atoms with van der Waals surface area (Å²) >= 11 is 0. The van der Waals surface area contributed by atoms with Gasteiger partial charge in [-0.2, -0.15) is 0 Å². The predicted molar refractivity (Wildman–Crippen MR) is 108 cm³/mol. The SMILES string of the molecule is CN1CCC(C(=O)C2CCCc3c2ccc2c3ccc3ccccc32)C1. The number of Topliss-reactive ketones (excluding diaryl/α,β-unsaturated/α-hetero) is 1. The van der Waals surface area contributed by atoms with Crippen molar-refractivity contribution in [2.45, 2.75) is 31.6 Å². The van der Waals surface area contributed by atoms with Crippen molar-refractivity contribution in [1.29, 1.82) is 0 Å². The molecular formula is C24H25NO. The number of fused-ring (bicyclic) bond motifs is 5. The summed E-state index contributed by atoms with van der Waals surface area (Å²) in [5, 5.41) is 5.29. The normalized spacial score (nSPS) is 23.4. The highest BCUT2D eigenvalue weighted by atomic mass is 16.1. The van der Waals surface area contributed by atoms with E-state index in [9.17, 15) is 4.79 Å². The molecule has 132 valence electrons. The molecule has 0 amide bonds. The van der Waals surface area contributed by atoms with Gasteiger partial charge in [-0.25, -0.2) is 0 Å². The van der Waals surface area contributed by atoms with E-state index in [1.165, 1.54) is 32.7 Å². The van der Waals surface area contributed by atoms with Gasteiger partial charge >= 0.3 is 0 Å². The Morgan fingerprint density at radius 2 is 1.81 bits per heavy atom. The number of ketones is 1. The standard InChI is InChI=1S/C24H25NO/c1-25-14-13-17(15-25)24(26)23-8-4-7-19-21-10-9-16-5-2-3-6-18(16)20(21)11-12-22(19)23/h2-3,5-6,9-12,17,23H,4,7-8,13-15H2,1H3. The molecule has 2 atom stereocenters. The minimum Gasteiger partial charge on any atom is -0.306 e. The summed E-state index contributed by atoms with van der Waals surface area (Å²) in [4.78, 5) is 15.5. The molecule has 1 heterocycles. The van der Waals surface area contributed by atoms with Gasteiger partial charge in [-0.3, -0.25) is 4.79 Å². The summed E-state index contributed by atoms with van der Waals surface area (Å²) in [6, 6.07) is 17.6. The maximum Gasteiger partial charge on any atom is 0.144 e. The molecule has 3 aromatic rings. The first kappa shape index (κ1) is 16.0. The summed E-state index contributed by atoms with van der Waals surface area (Å²) in [6.45, 7) is 1.99. The summed E-state index contributed by atoms with van der Waals surface area (Å²) in [7, 11) is 2.13. The number of aryl methyl sites for hydroxylation is 1. The number of rotatable bonds is 2. The summed E-state index contributed by atoms with van der Waals surface area (Å²) in [5.41, 5.74) is 2.72.